The van der Waals surface area contributed by atoms with Crippen molar-refractivity contribution in [2.75, 3.05) is 18.5 Å². The number of anilines is 1. The summed E-state index contributed by atoms with van der Waals surface area (Å²) in [6.07, 6.45) is 0.866. The Kier molecular flexibility index (Phi) is 7.32. The Labute approximate surface area is 164 Å². The number of aliphatic imine (C=N–C) groups is 1. The van der Waals surface area contributed by atoms with Gasteiger partial charge in [0.2, 0.25) is 0 Å². The van der Waals surface area contributed by atoms with Crippen LogP contribution in [-0.2, 0) is 13.2 Å². The molecule has 0 aliphatic carbocycles. The summed E-state index contributed by atoms with van der Waals surface area (Å²) in [5, 5.41) is 12.4. The summed E-state index contributed by atoms with van der Waals surface area (Å²) in [6, 6.07) is 13.2. The maximum absolute atomic E-state index is 9.33. The summed E-state index contributed by atoms with van der Waals surface area (Å²) in [5.74, 6) is 1.75. The van der Waals surface area contributed by atoms with Crippen molar-refractivity contribution in [3.63, 3.8) is 0 Å². The van der Waals surface area contributed by atoms with Gasteiger partial charge in [-0.3, -0.25) is 0 Å². The Morgan fingerprint density at radius 2 is 1.80 bits per heavy atom. The van der Waals surface area contributed by atoms with Crippen molar-refractivity contribution in [1.29, 1.82) is 0 Å². The van der Waals surface area contributed by atoms with E-state index in [0.717, 1.165) is 29.0 Å². The molecule has 0 saturated carbocycles. The smallest absolute Gasteiger partial charge is 0.193 e. The number of nitrogens with one attached hydrogen (secondary N) is 1. The van der Waals surface area contributed by atoms with Crippen molar-refractivity contribution < 1.29 is 14.6 Å². The first kappa shape index (κ1) is 19.3. The molecule has 1 heterocycles. The fraction of sp³-hybridized carbons (Fsp3) is 0.278. The molecular formula is C18H22IN3O3. The molecule has 6 nitrogen and oxygen atoms in total. The van der Waals surface area contributed by atoms with Crippen LogP contribution < -0.4 is 20.5 Å². The van der Waals surface area contributed by atoms with E-state index in [0.29, 0.717) is 31.5 Å². The van der Waals surface area contributed by atoms with Crippen molar-refractivity contribution in [1.82, 2.24) is 0 Å². The average Bonchev–Trinajstić information content (AvgIpc) is 2.85. The van der Waals surface area contributed by atoms with E-state index in [-0.39, 0.29) is 30.6 Å². The molecule has 4 N–H and O–H groups in total. The van der Waals surface area contributed by atoms with Crippen LogP contribution in [0.4, 0.5) is 5.69 Å². The summed E-state index contributed by atoms with van der Waals surface area (Å²) >= 11 is 0. The lowest BCUT2D eigenvalue weighted by Crippen LogP contribution is -2.22. The Bertz CT molecular complexity index is 737. The van der Waals surface area contributed by atoms with Gasteiger partial charge in [-0.1, -0.05) is 24.3 Å². The SMILES string of the molecule is I.NC(=NCc1ccccc1CO)Nc1ccc2c(c1)OCCCO2. The monoisotopic (exact) mass is 455 g/mol. The predicted molar refractivity (Wildman–Crippen MR) is 109 cm³/mol. The maximum atomic E-state index is 9.33. The molecule has 0 aromatic heterocycles. The Hall–Kier alpha value is -2.00. The topological polar surface area (TPSA) is 89.1 Å². The number of rotatable bonds is 4. The molecule has 1 aliphatic heterocycles. The average molecular weight is 455 g/mol. The van der Waals surface area contributed by atoms with Crippen LogP contribution in [0, 0.1) is 0 Å². The van der Waals surface area contributed by atoms with Gasteiger partial charge in [0.15, 0.2) is 17.5 Å². The zero-order valence-corrected chi connectivity index (χ0v) is 16.1. The van der Waals surface area contributed by atoms with Crippen LogP contribution in [0.1, 0.15) is 17.5 Å². The third kappa shape index (κ3) is 5.23. The zero-order valence-electron chi connectivity index (χ0n) is 13.8. The predicted octanol–water partition coefficient (Wildman–Crippen LogP) is 2.89. The van der Waals surface area contributed by atoms with E-state index in [9.17, 15) is 5.11 Å². The second-order valence-electron chi connectivity index (χ2n) is 5.47. The van der Waals surface area contributed by atoms with E-state index in [1.807, 2.05) is 42.5 Å². The lowest BCUT2D eigenvalue weighted by molar-refractivity contribution is 0.280. The molecule has 0 amide bonds. The minimum atomic E-state index is -0.0127. The van der Waals surface area contributed by atoms with E-state index in [1.165, 1.54) is 0 Å². The van der Waals surface area contributed by atoms with Gasteiger partial charge in [0.05, 0.1) is 26.4 Å². The fourth-order valence-corrected chi connectivity index (χ4v) is 2.46. The van der Waals surface area contributed by atoms with Crippen LogP contribution in [0.3, 0.4) is 0 Å². The summed E-state index contributed by atoms with van der Waals surface area (Å²) in [6.45, 7) is 1.69. The molecule has 0 fully saturated rings. The van der Waals surface area contributed by atoms with Gasteiger partial charge in [0, 0.05) is 18.2 Å². The van der Waals surface area contributed by atoms with Gasteiger partial charge in [-0.15, -0.1) is 24.0 Å². The number of hydrogen-bond acceptors (Lipinski definition) is 4. The molecule has 0 radical (unpaired) electrons. The molecule has 2 aromatic rings. The Morgan fingerprint density at radius 3 is 2.56 bits per heavy atom. The van der Waals surface area contributed by atoms with Gasteiger partial charge >= 0.3 is 0 Å². The third-order valence-corrected chi connectivity index (χ3v) is 3.73. The first-order valence-electron chi connectivity index (χ1n) is 7.90. The largest absolute Gasteiger partial charge is 0.490 e. The number of benzene rings is 2. The number of fused-ring (bicyclic) bond motifs is 1. The number of nitrogens with two attached hydrogens (primary N) is 1. The summed E-state index contributed by atoms with van der Waals surface area (Å²) in [5.41, 5.74) is 8.54. The number of aliphatic hydroxyl groups excluding tert-OH is 1. The zero-order chi connectivity index (χ0) is 16.8. The van der Waals surface area contributed by atoms with Crippen LogP contribution in [0.15, 0.2) is 47.5 Å². The molecule has 0 atom stereocenters. The molecule has 25 heavy (non-hydrogen) atoms. The van der Waals surface area contributed by atoms with Crippen LogP contribution in [0.2, 0.25) is 0 Å². The van der Waals surface area contributed by atoms with E-state index in [1.54, 1.807) is 0 Å². The highest BCUT2D eigenvalue weighted by Gasteiger charge is 2.10. The number of nitrogens with zero attached hydrogens (tertiary/aromatic N) is 1. The minimum Gasteiger partial charge on any atom is -0.490 e. The molecule has 2 aromatic carbocycles. The van der Waals surface area contributed by atoms with Crippen LogP contribution in [-0.4, -0.2) is 24.3 Å². The van der Waals surface area contributed by atoms with Gasteiger partial charge in [-0.05, 0) is 23.3 Å². The van der Waals surface area contributed by atoms with E-state index < -0.39 is 0 Å². The van der Waals surface area contributed by atoms with Crippen molar-refractivity contribution in [3.8, 4) is 11.5 Å². The first-order chi connectivity index (χ1) is 11.8. The van der Waals surface area contributed by atoms with Crippen molar-refractivity contribution in [2.45, 2.75) is 19.6 Å². The highest BCUT2D eigenvalue weighted by molar-refractivity contribution is 14.0. The van der Waals surface area contributed by atoms with Gasteiger partial charge in [0.1, 0.15) is 0 Å². The third-order valence-electron chi connectivity index (χ3n) is 3.73. The van der Waals surface area contributed by atoms with Gasteiger partial charge in [0.25, 0.3) is 0 Å². The van der Waals surface area contributed by atoms with Crippen molar-refractivity contribution in [2.24, 2.45) is 10.7 Å². The number of guanidine groups is 1. The van der Waals surface area contributed by atoms with Crippen LogP contribution in [0.25, 0.3) is 0 Å². The Balaban J connectivity index is 0.00000225. The molecule has 134 valence electrons. The second kappa shape index (κ2) is 9.47. The minimum absolute atomic E-state index is 0. The summed E-state index contributed by atoms with van der Waals surface area (Å²) < 4.78 is 11.3. The number of halogens is 1. The molecule has 0 saturated heterocycles. The lowest BCUT2D eigenvalue weighted by atomic mass is 10.1. The van der Waals surface area contributed by atoms with Crippen LogP contribution >= 0.6 is 24.0 Å². The lowest BCUT2D eigenvalue weighted by Gasteiger charge is -2.11. The Morgan fingerprint density at radius 1 is 1.08 bits per heavy atom. The summed E-state index contributed by atoms with van der Waals surface area (Å²) in [4.78, 5) is 4.33. The van der Waals surface area contributed by atoms with E-state index in [4.69, 9.17) is 15.2 Å². The molecule has 3 rings (SSSR count). The van der Waals surface area contributed by atoms with Gasteiger partial charge in [-0.25, -0.2) is 4.99 Å². The standard InChI is InChI=1S/C18H21N3O3.HI/c19-18(20-11-13-4-1-2-5-14(13)12-22)21-15-6-7-16-17(10-15)24-9-3-8-23-16;/h1-2,4-7,10,22H,3,8-9,11-12H2,(H3,19,20,21);1H. The molecule has 0 spiro atoms. The van der Waals surface area contributed by atoms with Crippen molar-refractivity contribution >= 4 is 35.6 Å². The maximum Gasteiger partial charge on any atom is 0.193 e. The number of aliphatic hydroxyl groups is 1. The second-order valence-corrected chi connectivity index (χ2v) is 5.47. The number of ether oxygens (including phenoxy) is 2. The molecule has 0 unspecified atom stereocenters. The van der Waals surface area contributed by atoms with Gasteiger partial charge in [-0.2, -0.15) is 0 Å². The highest BCUT2D eigenvalue weighted by atomic mass is 127. The molecule has 1 aliphatic rings. The number of hydrogen-bond donors (Lipinski definition) is 3. The van der Waals surface area contributed by atoms with E-state index in [2.05, 4.69) is 10.3 Å². The quantitative estimate of drug-likeness (QED) is 0.375. The van der Waals surface area contributed by atoms with Crippen LogP contribution in [0.5, 0.6) is 11.5 Å². The van der Waals surface area contributed by atoms with E-state index >= 15 is 0 Å². The van der Waals surface area contributed by atoms with Crippen molar-refractivity contribution in [3.05, 3.63) is 53.6 Å². The molecular weight excluding hydrogens is 433 g/mol. The molecule has 7 heteroatoms. The van der Waals surface area contributed by atoms with Gasteiger partial charge < -0.3 is 25.6 Å². The first-order valence-corrected chi connectivity index (χ1v) is 7.90. The normalized spacial score (nSPS) is 13.6. The summed E-state index contributed by atoms with van der Waals surface area (Å²) in [7, 11) is 0. The highest BCUT2D eigenvalue weighted by Crippen LogP contribution is 2.32. The fourth-order valence-electron chi connectivity index (χ4n) is 2.46. The molecule has 0 bridgehead atoms.